The maximum atomic E-state index is 11.6. The summed E-state index contributed by atoms with van der Waals surface area (Å²) in [5.74, 6) is 0. The first-order valence-corrected chi connectivity index (χ1v) is 6.21. The quantitative estimate of drug-likeness (QED) is 0.756. The summed E-state index contributed by atoms with van der Waals surface area (Å²) in [5, 5.41) is 0. The van der Waals surface area contributed by atoms with Crippen LogP contribution in [0.25, 0.3) is 0 Å². The highest BCUT2D eigenvalue weighted by molar-refractivity contribution is 7.86. The molecule has 1 rings (SSSR count). The van der Waals surface area contributed by atoms with E-state index in [1.54, 1.807) is 19.1 Å². The molecule has 0 fully saturated rings. The molecule has 0 saturated carbocycles. The van der Waals surface area contributed by atoms with Crippen molar-refractivity contribution < 1.29 is 12.6 Å². The normalized spacial score (nSPS) is 12.8. The third kappa shape index (κ3) is 3.79. The fraction of sp³-hybridized carbons (Fsp3) is 0.250. The van der Waals surface area contributed by atoms with Crippen LogP contribution in [0.3, 0.4) is 0 Å². The predicted molar refractivity (Wildman–Crippen MR) is 62.4 cm³/mol. The van der Waals surface area contributed by atoms with Gasteiger partial charge in [0.15, 0.2) is 0 Å². The molecule has 0 unspecified atom stereocenters. The highest BCUT2D eigenvalue weighted by Gasteiger charge is 2.13. The number of benzene rings is 1. The van der Waals surface area contributed by atoms with Crippen LogP contribution in [0, 0.1) is 13.8 Å². The Morgan fingerprint density at radius 1 is 1.38 bits per heavy atom. The Hall–Kier alpha value is -1.13. The lowest BCUT2D eigenvalue weighted by Crippen LogP contribution is -2.06. The minimum Gasteiger partial charge on any atom is -0.262 e. The van der Waals surface area contributed by atoms with Crippen LogP contribution in [0.5, 0.6) is 0 Å². The van der Waals surface area contributed by atoms with E-state index in [0.717, 1.165) is 5.56 Å². The zero-order valence-corrected chi connectivity index (χ0v) is 10.1. The van der Waals surface area contributed by atoms with E-state index in [0.29, 0.717) is 5.57 Å². The van der Waals surface area contributed by atoms with Crippen LogP contribution < -0.4 is 0 Å². The van der Waals surface area contributed by atoms with Gasteiger partial charge in [0.1, 0.15) is 0 Å². The van der Waals surface area contributed by atoms with Gasteiger partial charge in [-0.05, 0) is 32.9 Å². The molecule has 3 nitrogen and oxygen atoms in total. The van der Waals surface area contributed by atoms with Crippen molar-refractivity contribution in [2.24, 2.45) is 0 Å². The minimum absolute atomic E-state index is 0.0431. The number of rotatable bonds is 4. The van der Waals surface area contributed by atoms with Crippen molar-refractivity contribution in [3.05, 3.63) is 48.4 Å². The van der Waals surface area contributed by atoms with Gasteiger partial charge in [0.05, 0.1) is 11.5 Å². The van der Waals surface area contributed by atoms with E-state index in [-0.39, 0.29) is 11.5 Å². The number of aryl methyl sites for hydroxylation is 1. The van der Waals surface area contributed by atoms with Crippen LogP contribution in [0.2, 0.25) is 0 Å². The summed E-state index contributed by atoms with van der Waals surface area (Å²) in [4.78, 5) is 0.154. The fourth-order valence-electron chi connectivity index (χ4n) is 1.03. The van der Waals surface area contributed by atoms with Crippen LogP contribution in [0.4, 0.5) is 0 Å². The summed E-state index contributed by atoms with van der Waals surface area (Å²) in [6, 6.07) is 6.48. The van der Waals surface area contributed by atoms with E-state index >= 15 is 0 Å². The molecule has 0 aliphatic carbocycles. The second-order valence-electron chi connectivity index (χ2n) is 3.50. The first-order chi connectivity index (χ1) is 7.42. The van der Waals surface area contributed by atoms with E-state index in [4.69, 9.17) is 11.1 Å². The molecule has 0 spiro atoms. The zero-order valence-electron chi connectivity index (χ0n) is 9.30. The third-order valence-corrected chi connectivity index (χ3v) is 3.23. The molecule has 0 atom stereocenters. The second-order valence-corrected chi connectivity index (χ2v) is 5.12. The molecule has 0 N–H and O–H groups in total. The summed E-state index contributed by atoms with van der Waals surface area (Å²) < 4.78 is 28.0. The number of allylic oxidation sites excluding steroid dienone is 1. The van der Waals surface area contributed by atoms with Gasteiger partial charge in [-0.15, -0.1) is 0 Å². The average molecular weight is 238 g/mol. The summed E-state index contributed by atoms with van der Waals surface area (Å²) in [5.41, 5.74) is 1.52. The summed E-state index contributed by atoms with van der Waals surface area (Å²) in [6.45, 7) is 8.88. The Labute approximate surface area is 96.9 Å². The Kier molecular flexibility index (Phi) is 4.26. The van der Waals surface area contributed by atoms with Gasteiger partial charge in [0, 0.05) is 0 Å². The van der Waals surface area contributed by atoms with Crippen molar-refractivity contribution in [2.45, 2.75) is 18.7 Å². The Balaban J connectivity index is 2.78. The predicted octanol–water partition coefficient (Wildman–Crippen LogP) is 2.36. The van der Waals surface area contributed by atoms with Crippen molar-refractivity contribution in [1.29, 1.82) is 0 Å². The van der Waals surface area contributed by atoms with Gasteiger partial charge in [0.25, 0.3) is 10.1 Å². The molecule has 2 radical (unpaired) electrons. The molecular weight excluding hydrogens is 224 g/mol. The molecule has 0 aliphatic rings. The van der Waals surface area contributed by atoms with Gasteiger partial charge in [-0.25, -0.2) is 0 Å². The van der Waals surface area contributed by atoms with Crippen LogP contribution in [-0.2, 0) is 14.3 Å². The third-order valence-electron chi connectivity index (χ3n) is 1.94. The average Bonchev–Trinajstić information content (AvgIpc) is 2.17. The fourth-order valence-corrected chi connectivity index (χ4v) is 1.88. The van der Waals surface area contributed by atoms with Gasteiger partial charge in [-0.1, -0.05) is 29.3 Å². The largest absolute Gasteiger partial charge is 0.297 e. The molecule has 0 aliphatic heterocycles. The summed E-state index contributed by atoms with van der Waals surface area (Å²) in [7, 11) is -3.67. The monoisotopic (exact) mass is 238 g/mol. The number of hydrogen-bond donors (Lipinski definition) is 0. The van der Waals surface area contributed by atoms with Gasteiger partial charge in [0.2, 0.25) is 0 Å². The van der Waals surface area contributed by atoms with Crippen molar-refractivity contribution in [2.75, 3.05) is 6.61 Å². The SMILES string of the molecule is [CH]C(C)=CCOS(=O)(=O)c1ccc(C)cc1. The standard InChI is InChI=1S/C12H14O3S/c1-10(2)8-9-15-16(13,14)12-6-4-11(3)5-7-12/h1,4-8H,9H2,2-3H3. The van der Waals surface area contributed by atoms with E-state index in [9.17, 15) is 8.42 Å². The Morgan fingerprint density at radius 2 is 1.94 bits per heavy atom. The Morgan fingerprint density at radius 3 is 2.44 bits per heavy atom. The molecule has 4 heteroatoms. The summed E-state index contributed by atoms with van der Waals surface area (Å²) in [6.07, 6.45) is 1.51. The van der Waals surface area contributed by atoms with E-state index < -0.39 is 10.1 Å². The maximum absolute atomic E-state index is 11.6. The smallest absolute Gasteiger partial charge is 0.262 e. The first-order valence-electron chi connectivity index (χ1n) is 4.80. The van der Waals surface area contributed by atoms with Gasteiger partial charge in [-0.2, -0.15) is 8.42 Å². The lowest BCUT2D eigenvalue weighted by Gasteiger charge is -2.03. The van der Waals surface area contributed by atoms with E-state index in [1.165, 1.54) is 18.2 Å². The molecule has 86 valence electrons. The maximum Gasteiger partial charge on any atom is 0.297 e. The van der Waals surface area contributed by atoms with Gasteiger partial charge in [-0.3, -0.25) is 4.18 Å². The lowest BCUT2D eigenvalue weighted by atomic mass is 10.2. The van der Waals surface area contributed by atoms with Gasteiger partial charge >= 0.3 is 0 Å². The highest BCUT2D eigenvalue weighted by atomic mass is 32.2. The van der Waals surface area contributed by atoms with Crippen molar-refractivity contribution >= 4 is 10.1 Å². The van der Waals surface area contributed by atoms with Crippen molar-refractivity contribution in [3.8, 4) is 0 Å². The van der Waals surface area contributed by atoms with Gasteiger partial charge < -0.3 is 0 Å². The van der Waals surface area contributed by atoms with Crippen LogP contribution in [0.1, 0.15) is 12.5 Å². The molecule has 1 aromatic carbocycles. The van der Waals surface area contributed by atoms with E-state index in [2.05, 4.69) is 0 Å². The molecule has 0 saturated heterocycles. The summed E-state index contributed by atoms with van der Waals surface area (Å²) >= 11 is 0. The molecular formula is C12H14O3S. The topological polar surface area (TPSA) is 43.4 Å². The lowest BCUT2D eigenvalue weighted by molar-refractivity contribution is 0.356. The Bertz CT molecular complexity index is 465. The molecule has 0 amide bonds. The molecule has 0 bridgehead atoms. The second kappa shape index (κ2) is 5.27. The van der Waals surface area contributed by atoms with Crippen molar-refractivity contribution in [3.63, 3.8) is 0 Å². The van der Waals surface area contributed by atoms with Crippen LogP contribution in [0.15, 0.2) is 40.8 Å². The number of hydrogen-bond acceptors (Lipinski definition) is 3. The molecule has 0 heterocycles. The molecule has 1 aromatic rings. The molecule has 0 aromatic heterocycles. The van der Waals surface area contributed by atoms with Crippen LogP contribution in [-0.4, -0.2) is 15.0 Å². The minimum atomic E-state index is -3.67. The highest BCUT2D eigenvalue weighted by Crippen LogP contribution is 2.13. The first kappa shape index (κ1) is 12.9. The zero-order chi connectivity index (χ0) is 12.2. The van der Waals surface area contributed by atoms with E-state index in [1.807, 2.05) is 6.92 Å². The van der Waals surface area contributed by atoms with Crippen LogP contribution >= 0.6 is 0 Å². The van der Waals surface area contributed by atoms with Crippen molar-refractivity contribution in [1.82, 2.24) is 0 Å². The molecule has 16 heavy (non-hydrogen) atoms.